The molecule has 0 bridgehead atoms. The zero-order valence-electron chi connectivity index (χ0n) is 14.7. The number of anilines is 1. The van der Waals surface area contributed by atoms with Crippen LogP contribution in [0.25, 0.3) is 0 Å². The Labute approximate surface area is 151 Å². The number of esters is 1. The number of carbonyl (C=O) groups excluding carboxylic acids is 3. The minimum absolute atomic E-state index is 0.0296. The summed E-state index contributed by atoms with van der Waals surface area (Å²) in [4.78, 5) is 35.3. The van der Waals surface area contributed by atoms with E-state index in [9.17, 15) is 14.4 Å². The highest BCUT2D eigenvalue weighted by atomic mass is 16.5. The Hall–Kier alpha value is -3.15. The highest BCUT2D eigenvalue weighted by Gasteiger charge is 2.18. The summed E-state index contributed by atoms with van der Waals surface area (Å²) >= 11 is 0. The number of hydrogen-bond acceptors (Lipinski definition) is 4. The first-order valence-electron chi connectivity index (χ1n) is 8.40. The van der Waals surface area contributed by atoms with Crippen molar-refractivity contribution in [3.05, 3.63) is 64.7 Å². The van der Waals surface area contributed by atoms with Crippen LogP contribution in [-0.2, 0) is 16.0 Å². The third-order valence-corrected chi connectivity index (χ3v) is 4.44. The average molecular weight is 352 g/mol. The predicted octanol–water partition coefficient (Wildman–Crippen LogP) is 2.85. The lowest BCUT2D eigenvalue weighted by Gasteiger charge is -2.20. The molecule has 0 saturated heterocycles. The van der Waals surface area contributed by atoms with Gasteiger partial charge in [0, 0.05) is 17.7 Å². The molecule has 0 radical (unpaired) electrons. The fourth-order valence-electron chi connectivity index (χ4n) is 2.91. The Balaban J connectivity index is 1.69. The van der Waals surface area contributed by atoms with Gasteiger partial charge in [-0.15, -0.1) is 0 Å². The first-order valence-corrected chi connectivity index (χ1v) is 8.40. The number of carbonyl (C=O) groups is 3. The molecule has 1 heterocycles. The van der Waals surface area contributed by atoms with Crippen molar-refractivity contribution in [2.75, 3.05) is 12.4 Å². The Bertz CT molecular complexity index is 859. The van der Waals surface area contributed by atoms with Crippen LogP contribution in [0.1, 0.15) is 51.2 Å². The second-order valence-electron chi connectivity index (χ2n) is 6.23. The fraction of sp³-hybridized carbons (Fsp3) is 0.250. The number of rotatable bonds is 4. The molecule has 1 aliphatic rings. The maximum Gasteiger partial charge on any atom is 0.337 e. The highest BCUT2D eigenvalue weighted by Crippen LogP contribution is 2.26. The van der Waals surface area contributed by atoms with Gasteiger partial charge in [0.1, 0.15) is 0 Å². The van der Waals surface area contributed by atoms with Crippen LogP contribution in [0.2, 0.25) is 0 Å². The van der Waals surface area contributed by atoms with Gasteiger partial charge in [-0.25, -0.2) is 4.79 Å². The molecule has 0 fully saturated rings. The molecule has 6 heteroatoms. The second-order valence-corrected chi connectivity index (χ2v) is 6.23. The van der Waals surface area contributed by atoms with Crippen LogP contribution in [0, 0.1) is 0 Å². The molecule has 3 rings (SSSR count). The largest absolute Gasteiger partial charge is 0.465 e. The number of amides is 2. The van der Waals surface area contributed by atoms with Gasteiger partial charge in [0.2, 0.25) is 5.91 Å². The monoisotopic (exact) mass is 352 g/mol. The summed E-state index contributed by atoms with van der Waals surface area (Å²) < 4.78 is 4.65. The molecule has 0 aliphatic carbocycles. The minimum atomic E-state index is -0.438. The van der Waals surface area contributed by atoms with E-state index in [4.69, 9.17) is 0 Å². The van der Waals surface area contributed by atoms with Gasteiger partial charge in [-0.3, -0.25) is 9.59 Å². The van der Waals surface area contributed by atoms with Gasteiger partial charge >= 0.3 is 5.97 Å². The van der Waals surface area contributed by atoms with Gasteiger partial charge in [0.25, 0.3) is 5.91 Å². The lowest BCUT2D eigenvalue weighted by atomic mass is 9.97. The normalized spacial score (nSPS) is 14.0. The van der Waals surface area contributed by atoms with E-state index in [1.165, 1.54) is 7.11 Å². The van der Waals surface area contributed by atoms with E-state index in [1.807, 2.05) is 25.1 Å². The van der Waals surface area contributed by atoms with Crippen LogP contribution < -0.4 is 10.6 Å². The number of nitrogens with one attached hydrogen (secondary N) is 2. The van der Waals surface area contributed by atoms with E-state index in [2.05, 4.69) is 15.4 Å². The smallest absolute Gasteiger partial charge is 0.337 e. The molecule has 1 atom stereocenters. The van der Waals surface area contributed by atoms with Crippen molar-refractivity contribution < 1.29 is 19.1 Å². The predicted molar refractivity (Wildman–Crippen MR) is 97.1 cm³/mol. The Morgan fingerprint density at radius 3 is 2.46 bits per heavy atom. The number of methoxy groups -OCH3 is 1. The van der Waals surface area contributed by atoms with Crippen LogP contribution >= 0.6 is 0 Å². The maximum atomic E-state index is 12.4. The number of fused-ring (bicyclic) bond motifs is 1. The molecule has 2 N–H and O–H groups in total. The minimum Gasteiger partial charge on any atom is -0.465 e. The Morgan fingerprint density at radius 2 is 1.77 bits per heavy atom. The molecule has 134 valence electrons. The van der Waals surface area contributed by atoms with Crippen molar-refractivity contribution in [2.45, 2.75) is 25.8 Å². The molecule has 0 spiro atoms. The van der Waals surface area contributed by atoms with E-state index in [0.717, 1.165) is 16.8 Å². The maximum absolute atomic E-state index is 12.4. The summed E-state index contributed by atoms with van der Waals surface area (Å²) in [7, 11) is 1.31. The van der Waals surface area contributed by atoms with Gasteiger partial charge in [-0.1, -0.05) is 12.1 Å². The van der Waals surface area contributed by atoms with Crippen LogP contribution in [0.15, 0.2) is 42.5 Å². The zero-order valence-corrected chi connectivity index (χ0v) is 14.7. The molecule has 6 nitrogen and oxygen atoms in total. The molecule has 0 aromatic heterocycles. The first kappa shape index (κ1) is 17.7. The van der Waals surface area contributed by atoms with E-state index >= 15 is 0 Å². The number of aryl methyl sites for hydroxylation is 1. The summed E-state index contributed by atoms with van der Waals surface area (Å²) in [5.41, 5.74) is 3.75. The Kier molecular flexibility index (Phi) is 5.02. The van der Waals surface area contributed by atoms with Gasteiger partial charge in [0.15, 0.2) is 0 Å². The third kappa shape index (κ3) is 3.74. The zero-order chi connectivity index (χ0) is 18.7. The quantitative estimate of drug-likeness (QED) is 0.829. The van der Waals surface area contributed by atoms with Gasteiger partial charge in [-0.2, -0.15) is 0 Å². The highest BCUT2D eigenvalue weighted by molar-refractivity contribution is 5.96. The van der Waals surface area contributed by atoms with Crippen molar-refractivity contribution >= 4 is 23.5 Å². The first-order chi connectivity index (χ1) is 12.5. The van der Waals surface area contributed by atoms with Crippen molar-refractivity contribution in [1.29, 1.82) is 0 Å². The SMILES string of the molecule is COC(=O)c1ccc(C(=O)NC(C)c2ccc3c(c2)CCC(=O)N3)cc1. The summed E-state index contributed by atoms with van der Waals surface area (Å²) in [5.74, 6) is -0.631. The van der Waals surface area contributed by atoms with Crippen LogP contribution in [0.4, 0.5) is 5.69 Å². The van der Waals surface area contributed by atoms with Crippen molar-refractivity contribution in [1.82, 2.24) is 5.32 Å². The van der Waals surface area contributed by atoms with Crippen molar-refractivity contribution in [3.63, 3.8) is 0 Å². The number of ether oxygens (including phenoxy) is 1. The van der Waals surface area contributed by atoms with Crippen LogP contribution in [-0.4, -0.2) is 24.9 Å². The molecule has 2 amide bonds. The van der Waals surface area contributed by atoms with E-state index in [0.29, 0.717) is 24.0 Å². The summed E-state index contributed by atoms with van der Waals surface area (Å²) in [6, 6.07) is 11.9. The van der Waals surface area contributed by atoms with Gasteiger partial charge in [-0.05, 0) is 54.8 Å². The fourth-order valence-corrected chi connectivity index (χ4v) is 2.91. The lowest BCUT2D eigenvalue weighted by molar-refractivity contribution is -0.116. The molecule has 2 aromatic carbocycles. The second kappa shape index (κ2) is 7.39. The number of hydrogen-bond donors (Lipinski definition) is 2. The van der Waals surface area contributed by atoms with Crippen molar-refractivity contribution in [2.24, 2.45) is 0 Å². The molecule has 26 heavy (non-hydrogen) atoms. The summed E-state index contributed by atoms with van der Waals surface area (Å²) in [6.45, 7) is 1.91. The standard InChI is InChI=1S/C20H20N2O4/c1-12(15-7-9-17-16(11-15)8-10-18(23)22-17)21-19(24)13-3-5-14(6-4-13)20(25)26-2/h3-7,9,11-12H,8,10H2,1-2H3,(H,21,24)(H,22,23). The summed E-state index contributed by atoms with van der Waals surface area (Å²) in [6.07, 6.45) is 1.17. The Morgan fingerprint density at radius 1 is 1.08 bits per heavy atom. The van der Waals surface area contributed by atoms with E-state index in [-0.39, 0.29) is 17.9 Å². The molecular weight excluding hydrogens is 332 g/mol. The van der Waals surface area contributed by atoms with Gasteiger partial charge < -0.3 is 15.4 Å². The summed E-state index contributed by atoms with van der Waals surface area (Å²) in [5, 5.41) is 5.80. The lowest BCUT2D eigenvalue weighted by Crippen LogP contribution is -2.27. The van der Waals surface area contributed by atoms with Crippen LogP contribution in [0.5, 0.6) is 0 Å². The number of benzene rings is 2. The van der Waals surface area contributed by atoms with E-state index in [1.54, 1.807) is 24.3 Å². The molecule has 1 unspecified atom stereocenters. The molecule has 1 aliphatic heterocycles. The van der Waals surface area contributed by atoms with Crippen LogP contribution in [0.3, 0.4) is 0 Å². The molecule has 2 aromatic rings. The molecular formula is C20H20N2O4. The topological polar surface area (TPSA) is 84.5 Å². The third-order valence-electron chi connectivity index (χ3n) is 4.44. The average Bonchev–Trinajstić information content (AvgIpc) is 2.66. The molecule has 0 saturated carbocycles. The van der Waals surface area contributed by atoms with E-state index < -0.39 is 5.97 Å². The van der Waals surface area contributed by atoms with Gasteiger partial charge in [0.05, 0.1) is 18.7 Å². The van der Waals surface area contributed by atoms with Crippen molar-refractivity contribution in [3.8, 4) is 0 Å².